The Hall–Kier alpha value is -1.18. The van der Waals surface area contributed by atoms with E-state index in [9.17, 15) is 0 Å². The first-order valence-electron chi connectivity index (χ1n) is 4.89. The molecule has 0 unspecified atom stereocenters. The smallest absolute Gasteiger partial charge is 0.0598 e. The lowest BCUT2D eigenvalue weighted by Crippen LogP contribution is -1.90. The second-order valence-corrected chi connectivity index (χ2v) is 4.53. The van der Waals surface area contributed by atoms with Gasteiger partial charge in [-0.2, -0.15) is 0 Å². The van der Waals surface area contributed by atoms with E-state index in [0.29, 0.717) is 10.0 Å². The van der Waals surface area contributed by atoms with Gasteiger partial charge < -0.3 is 5.73 Å². The number of benzene rings is 2. The number of rotatable bonds is 1. The van der Waals surface area contributed by atoms with Crippen molar-refractivity contribution in [3.05, 3.63) is 52.0 Å². The van der Waals surface area contributed by atoms with Crippen LogP contribution in [0.15, 0.2) is 36.4 Å². The predicted molar refractivity (Wildman–Crippen MR) is 71.0 cm³/mol. The van der Waals surface area contributed by atoms with E-state index in [0.717, 1.165) is 22.4 Å². The van der Waals surface area contributed by atoms with Gasteiger partial charge in [0.25, 0.3) is 0 Å². The summed E-state index contributed by atoms with van der Waals surface area (Å²) in [5.74, 6) is 0. The van der Waals surface area contributed by atoms with E-state index in [2.05, 4.69) is 0 Å². The van der Waals surface area contributed by atoms with Gasteiger partial charge in [0.05, 0.1) is 10.0 Å². The summed E-state index contributed by atoms with van der Waals surface area (Å²) < 4.78 is 0. The van der Waals surface area contributed by atoms with Gasteiger partial charge in [0.15, 0.2) is 0 Å². The van der Waals surface area contributed by atoms with Crippen molar-refractivity contribution in [3.63, 3.8) is 0 Å². The molecule has 0 aliphatic heterocycles. The highest BCUT2D eigenvalue weighted by molar-refractivity contribution is 6.42. The maximum Gasteiger partial charge on any atom is 0.0598 e. The fourth-order valence-electron chi connectivity index (χ4n) is 1.58. The molecular formula is C13H11Cl2N. The number of hydrogen-bond acceptors (Lipinski definition) is 1. The number of nitrogen functional groups attached to an aromatic ring is 1. The topological polar surface area (TPSA) is 26.0 Å². The van der Waals surface area contributed by atoms with E-state index in [1.807, 2.05) is 37.3 Å². The maximum atomic E-state index is 5.98. The zero-order valence-corrected chi connectivity index (χ0v) is 10.3. The summed E-state index contributed by atoms with van der Waals surface area (Å²) >= 11 is 11.9. The van der Waals surface area contributed by atoms with E-state index in [-0.39, 0.29) is 0 Å². The molecule has 82 valence electrons. The molecule has 0 spiro atoms. The zero-order chi connectivity index (χ0) is 11.7. The number of aryl methyl sites for hydroxylation is 1. The highest BCUT2D eigenvalue weighted by atomic mass is 35.5. The fourth-order valence-corrected chi connectivity index (χ4v) is 1.88. The van der Waals surface area contributed by atoms with Gasteiger partial charge in [0.1, 0.15) is 0 Å². The van der Waals surface area contributed by atoms with Gasteiger partial charge in [-0.25, -0.2) is 0 Å². The summed E-state index contributed by atoms with van der Waals surface area (Å²) in [6, 6.07) is 11.4. The van der Waals surface area contributed by atoms with E-state index in [1.54, 1.807) is 6.07 Å². The number of hydrogen-bond donors (Lipinski definition) is 1. The molecular weight excluding hydrogens is 241 g/mol. The first kappa shape index (κ1) is 11.3. The lowest BCUT2D eigenvalue weighted by Gasteiger charge is -2.08. The third kappa shape index (κ3) is 2.16. The number of anilines is 1. The molecule has 2 aromatic rings. The Kier molecular flexibility index (Phi) is 3.08. The molecule has 3 heteroatoms. The first-order valence-corrected chi connectivity index (χ1v) is 5.65. The van der Waals surface area contributed by atoms with Crippen LogP contribution in [0.4, 0.5) is 5.69 Å². The lowest BCUT2D eigenvalue weighted by atomic mass is 10.0. The second kappa shape index (κ2) is 4.36. The van der Waals surface area contributed by atoms with Crippen molar-refractivity contribution in [2.45, 2.75) is 6.92 Å². The molecule has 0 amide bonds. The second-order valence-electron chi connectivity index (χ2n) is 3.72. The normalized spacial score (nSPS) is 10.4. The van der Waals surface area contributed by atoms with Crippen molar-refractivity contribution in [3.8, 4) is 11.1 Å². The van der Waals surface area contributed by atoms with Crippen LogP contribution in [0.2, 0.25) is 10.0 Å². The fraction of sp³-hybridized carbons (Fsp3) is 0.0769. The van der Waals surface area contributed by atoms with Crippen LogP contribution in [0, 0.1) is 6.92 Å². The van der Waals surface area contributed by atoms with Crippen LogP contribution in [0.25, 0.3) is 11.1 Å². The van der Waals surface area contributed by atoms with E-state index in [4.69, 9.17) is 28.9 Å². The van der Waals surface area contributed by atoms with Crippen LogP contribution >= 0.6 is 23.2 Å². The minimum absolute atomic E-state index is 0.542. The molecule has 1 nitrogen and oxygen atoms in total. The van der Waals surface area contributed by atoms with Gasteiger partial charge in [0, 0.05) is 11.3 Å². The van der Waals surface area contributed by atoms with Crippen LogP contribution in [0.3, 0.4) is 0 Å². The lowest BCUT2D eigenvalue weighted by molar-refractivity contribution is 1.47. The van der Waals surface area contributed by atoms with Crippen molar-refractivity contribution in [1.82, 2.24) is 0 Å². The highest BCUT2D eigenvalue weighted by Gasteiger charge is 2.05. The molecule has 2 rings (SSSR count). The molecule has 0 radical (unpaired) electrons. The standard InChI is InChI=1S/C13H11Cl2N/c1-8-2-5-13(16)10(6-8)9-3-4-11(14)12(15)7-9/h2-7H,16H2,1H3. The molecule has 0 saturated carbocycles. The van der Waals surface area contributed by atoms with Gasteiger partial charge in [-0.3, -0.25) is 0 Å². The molecule has 0 aliphatic rings. The molecule has 0 heterocycles. The average molecular weight is 252 g/mol. The van der Waals surface area contributed by atoms with E-state index in [1.165, 1.54) is 0 Å². The summed E-state index contributed by atoms with van der Waals surface area (Å²) in [6.45, 7) is 2.03. The van der Waals surface area contributed by atoms with Crippen molar-refractivity contribution in [1.29, 1.82) is 0 Å². The summed E-state index contributed by atoms with van der Waals surface area (Å²) in [4.78, 5) is 0. The molecule has 2 N–H and O–H groups in total. The molecule has 0 aliphatic carbocycles. The third-order valence-electron chi connectivity index (χ3n) is 2.44. The monoisotopic (exact) mass is 251 g/mol. The molecule has 0 aromatic heterocycles. The van der Waals surface area contributed by atoms with Crippen LogP contribution in [0.5, 0.6) is 0 Å². The highest BCUT2D eigenvalue weighted by Crippen LogP contribution is 2.31. The minimum atomic E-state index is 0.542. The van der Waals surface area contributed by atoms with E-state index >= 15 is 0 Å². The first-order chi connectivity index (χ1) is 7.58. The Balaban J connectivity index is 2.58. The molecule has 0 fully saturated rings. The summed E-state index contributed by atoms with van der Waals surface area (Å²) in [6.07, 6.45) is 0. The molecule has 2 aromatic carbocycles. The van der Waals surface area contributed by atoms with Crippen LogP contribution in [-0.4, -0.2) is 0 Å². The summed E-state index contributed by atoms with van der Waals surface area (Å²) in [5, 5.41) is 1.09. The van der Waals surface area contributed by atoms with Gasteiger partial charge in [-0.1, -0.05) is 40.9 Å². The Morgan fingerprint density at radius 2 is 1.69 bits per heavy atom. The number of nitrogens with two attached hydrogens (primary N) is 1. The van der Waals surface area contributed by atoms with Crippen molar-refractivity contribution in [2.24, 2.45) is 0 Å². The van der Waals surface area contributed by atoms with Crippen LogP contribution in [0.1, 0.15) is 5.56 Å². The molecule has 0 bridgehead atoms. The van der Waals surface area contributed by atoms with Crippen LogP contribution < -0.4 is 5.73 Å². The maximum absolute atomic E-state index is 5.98. The van der Waals surface area contributed by atoms with Crippen LogP contribution in [-0.2, 0) is 0 Å². The number of halogens is 2. The summed E-state index contributed by atoms with van der Waals surface area (Å²) in [7, 11) is 0. The zero-order valence-electron chi connectivity index (χ0n) is 8.80. The summed E-state index contributed by atoms with van der Waals surface area (Å²) in [5.41, 5.74) is 9.80. The Labute approximate surface area is 105 Å². The SMILES string of the molecule is Cc1ccc(N)c(-c2ccc(Cl)c(Cl)c2)c1. The average Bonchev–Trinajstić information content (AvgIpc) is 2.26. The Morgan fingerprint density at radius 1 is 0.938 bits per heavy atom. The van der Waals surface area contributed by atoms with Gasteiger partial charge in [-0.15, -0.1) is 0 Å². The Morgan fingerprint density at radius 3 is 2.38 bits per heavy atom. The predicted octanol–water partition coefficient (Wildman–Crippen LogP) is 4.55. The van der Waals surface area contributed by atoms with Crippen molar-refractivity contribution >= 4 is 28.9 Å². The van der Waals surface area contributed by atoms with Crippen molar-refractivity contribution < 1.29 is 0 Å². The quantitative estimate of drug-likeness (QED) is 0.740. The van der Waals surface area contributed by atoms with Gasteiger partial charge >= 0.3 is 0 Å². The Bertz CT molecular complexity index is 535. The minimum Gasteiger partial charge on any atom is -0.398 e. The third-order valence-corrected chi connectivity index (χ3v) is 3.18. The molecule has 16 heavy (non-hydrogen) atoms. The largest absolute Gasteiger partial charge is 0.398 e. The molecule has 0 saturated heterocycles. The van der Waals surface area contributed by atoms with Crippen molar-refractivity contribution in [2.75, 3.05) is 5.73 Å². The molecule has 0 atom stereocenters. The van der Waals surface area contributed by atoms with E-state index < -0.39 is 0 Å². The van der Waals surface area contributed by atoms with Gasteiger partial charge in [0.2, 0.25) is 0 Å². The van der Waals surface area contributed by atoms with Gasteiger partial charge in [-0.05, 0) is 36.8 Å².